The summed E-state index contributed by atoms with van der Waals surface area (Å²) < 4.78 is 63.3. The van der Waals surface area contributed by atoms with E-state index in [4.69, 9.17) is 5.73 Å². The van der Waals surface area contributed by atoms with Gasteiger partial charge in [-0.05, 0) is 30.5 Å². The van der Waals surface area contributed by atoms with E-state index in [1.807, 2.05) is 6.92 Å². The molecule has 1 aromatic heterocycles. The van der Waals surface area contributed by atoms with Crippen molar-refractivity contribution in [3.63, 3.8) is 0 Å². The van der Waals surface area contributed by atoms with Gasteiger partial charge in [-0.2, -0.15) is 17.5 Å². The third-order valence-electron chi connectivity index (χ3n) is 3.68. The van der Waals surface area contributed by atoms with Crippen LogP contribution in [0.25, 0.3) is 0 Å². The van der Waals surface area contributed by atoms with Crippen molar-refractivity contribution in [2.45, 2.75) is 24.4 Å². The van der Waals surface area contributed by atoms with Crippen LogP contribution in [0, 0.1) is 5.41 Å². The van der Waals surface area contributed by atoms with E-state index in [2.05, 4.69) is 4.98 Å². The summed E-state index contributed by atoms with van der Waals surface area (Å²) in [5, 5.41) is 0. The molecule has 2 N–H and O–H groups in total. The van der Waals surface area contributed by atoms with Crippen LogP contribution in [0.2, 0.25) is 0 Å². The highest BCUT2D eigenvalue weighted by Gasteiger charge is 2.39. The van der Waals surface area contributed by atoms with Crippen LogP contribution in [0.1, 0.15) is 19.0 Å². The van der Waals surface area contributed by atoms with E-state index in [0.717, 1.165) is 12.3 Å². The van der Waals surface area contributed by atoms with E-state index in [1.54, 1.807) is 0 Å². The zero-order valence-corrected chi connectivity index (χ0v) is 12.2. The number of nitrogens with zero attached hydrogens (tertiary/aromatic N) is 2. The van der Waals surface area contributed by atoms with Crippen LogP contribution in [0.5, 0.6) is 0 Å². The monoisotopic (exact) mass is 323 g/mol. The number of pyridine rings is 1. The van der Waals surface area contributed by atoms with Crippen molar-refractivity contribution in [2.24, 2.45) is 11.1 Å². The lowest BCUT2D eigenvalue weighted by Gasteiger charge is -2.22. The third kappa shape index (κ3) is 3.19. The number of sulfonamides is 1. The van der Waals surface area contributed by atoms with E-state index in [1.165, 1.54) is 4.31 Å². The van der Waals surface area contributed by atoms with Crippen LogP contribution in [0.4, 0.5) is 13.2 Å². The first-order valence-electron chi connectivity index (χ1n) is 6.32. The zero-order valence-electron chi connectivity index (χ0n) is 11.4. The minimum absolute atomic E-state index is 0.239. The Morgan fingerprint density at radius 1 is 1.43 bits per heavy atom. The average Bonchev–Trinajstić information content (AvgIpc) is 2.82. The number of halogens is 3. The highest BCUT2D eigenvalue weighted by Crippen LogP contribution is 2.33. The molecule has 0 saturated carbocycles. The van der Waals surface area contributed by atoms with Gasteiger partial charge >= 0.3 is 6.18 Å². The zero-order chi connectivity index (χ0) is 15.9. The Balaban J connectivity index is 2.25. The second kappa shape index (κ2) is 5.22. The summed E-state index contributed by atoms with van der Waals surface area (Å²) in [7, 11) is -3.83. The van der Waals surface area contributed by atoms with Gasteiger partial charge in [0.1, 0.15) is 10.6 Å². The molecule has 2 heterocycles. The molecular formula is C12H16F3N3O2S. The summed E-state index contributed by atoms with van der Waals surface area (Å²) in [5.74, 6) is 0. The Labute approximate surface area is 121 Å². The molecule has 0 amide bonds. The van der Waals surface area contributed by atoms with Gasteiger partial charge in [-0.3, -0.25) is 4.98 Å². The molecule has 1 aromatic rings. The maximum atomic E-state index is 12.4. The minimum Gasteiger partial charge on any atom is -0.330 e. The van der Waals surface area contributed by atoms with Gasteiger partial charge < -0.3 is 5.73 Å². The molecular weight excluding hydrogens is 307 g/mol. The van der Waals surface area contributed by atoms with Gasteiger partial charge in [-0.1, -0.05) is 6.92 Å². The molecule has 9 heteroatoms. The van der Waals surface area contributed by atoms with Gasteiger partial charge in [-0.15, -0.1) is 0 Å². The number of hydrogen-bond donors (Lipinski definition) is 1. The molecule has 118 valence electrons. The fourth-order valence-corrected chi connectivity index (χ4v) is 3.74. The summed E-state index contributed by atoms with van der Waals surface area (Å²) in [6, 6.07) is 1.61. The molecule has 1 aliphatic heterocycles. The van der Waals surface area contributed by atoms with Crippen molar-refractivity contribution in [3.8, 4) is 0 Å². The van der Waals surface area contributed by atoms with Gasteiger partial charge in [0.05, 0.1) is 0 Å². The second-order valence-corrected chi connectivity index (χ2v) is 7.42. The lowest BCUT2D eigenvalue weighted by Crippen LogP contribution is -2.34. The Kier molecular flexibility index (Phi) is 4.02. The van der Waals surface area contributed by atoms with Gasteiger partial charge in [0.2, 0.25) is 10.0 Å². The Morgan fingerprint density at radius 3 is 2.52 bits per heavy atom. The maximum Gasteiger partial charge on any atom is 0.433 e. The van der Waals surface area contributed by atoms with E-state index in [-0.39, 0.29) is 16.9 Å². The fraction of sp³-hybridized carbons (Fsp3) is 0.583. The topological polar surface area (TPSA) is 76.3 Å². The van der Waals surface area contributed by atoms with Crippen molar-refractivity contribution in [3.05, 3.63) is 24.0 Å². The predicted octanol–water partition coefficient (Wildman–Crippen LogP) is 1.46. The van der Waals surface area contributed by atoms with Gasteiger partial charge in [0.25, 0.3) is 0 Å². The van der Waals surface area contributed by atoms with Gasteiger partial charge in [0, 0.05) is 19.3 Å². The summed E-state index contributed by atoms with van der Waals surface area (Å²) >= 11 is 0. The first-order valence-corrected chi connectivity index (χ1v) is 7.76. The molecule has 1 unspecified atom stereocenters. The van der Waals surface area contributed by atoms with Crippen molar-refractivity contribution in [2.75, 3.05) is 19.6 Å². The van der Waals surface area contributed by atoms with Crippen molar-refractivity contribution < 1.29 is 21.6 Å². The predicted molar refractivity (Wildman–Crippen MR) is 69.8 cm³/mol. The van der Waals surface area contributed by atoms with E-state index < -0.39 is 21.9 Å². The lowest BCUT2D eigenvalue weighted by molar-refractivity contribution is -0.141. The van der Waals surface area contributed by atoms with Crippen LogP contribution < -0.4 is 5.73 Å². The summed E-state index contributed by atoms with van der Waals surface area (Å²) in [4.78, 5) is 2.95. The number of nitrogens with two attached hydrogens (primary N) is 1. The molecule has 5 nitrogen and oxygen atoms in total. The summed E-state index contributed by atoms with van der Waals surface area (Å²) in [6.45, 7) is 2.79. The third-order valence-corrected chi connectivity index (χ3v) is 5.51. The Morgan fingerprint density at radius 2 is 2.10 bits per heavy atom. The molecule has 2 rings (SSSR count). The molecule has 21 heavy (non-hydrogen) atoms. The van der Waals surface area contributed by atoms with Gasteiger partial charge in [0.15, 0.2) is 0 Å². The second-order valence-electron chi connectivity index (χ2n) is 5.48. The highest BCUT2D eigenvalue weighted by molar-refractivity contribution is 7.89. The quantitative estimate of drug-likeness (QED) is 0.914. The van der Waals surface area contributed by atoms with Crippen molar-refractivity contribution in [1.82, 2.24) is 9.29 Å². The molecule has 0 aliphatic carbocycles. The molecule has 0 radical (unpaired) electrons. The normalized spacial score (nSPS) is 24.4. The maximum absolute atomic E-state index is 12.4. The standard InChI is InChI=1S/C12H16F3N3O2S/c1-11(7-16)4-5-18(8-11)21(19,20)9-2-3-10(17-6-9)12(13,14)15/h2-3,6H,4-5,7-8,16H2,1H3. The summed E-state index contributed by atoms with van der Waals surface area (Å²) in [6.07, 6.45) is -3.22. The molecule has 1 aliphatic rings. The minimum atomic E-state index is -4.59. The van der Waals surface area contributed by atoms with Gasteiger partial charge in [-0.25, -0.2) is 8.42 Å². The Hall–Kier alpha value is -1.19. The number of alkyl halides is 3. The van der Waals surface area contributed by atoms with E-state index >= 15 is 0 Å². The molecule has 0 spiro atoms. The van der Waals surface area contributed by atoms with Crippen LogP contribution in [0.15, 0.2) is 23.2 Å². The van der Waals surface area contributed by atoms with Crippen LogP contribution in [-0.2, 0) is 16.2 Å². The molecule has 0 bridgehead atoms. The Bertz CT molecular complexity index is 616. The van der Waals surface area contributed by atoms with Crippen molar-refractivity contribution in [1.29, 1.82) is 0 Å². The number of rotatable bonds is 3. The molecule has 1 saturated heterocycles. The number of hydrogen-bond acceptors (Lipinski definition) is 4. The van der Waals surface area contributed by atoms with E-state index in [9.17, 15) is 21.6 Å². The van der Waals surface area contributed by atoms with E-state index in [0.29, 0.717) is 25.6 Å². The SMILES string of the molecule is CC1(CN)CCN(S(=O)(=O)c2ccc(C(F)(F)F)nc2)C1. The van der Waals surface area contributed by atoms with Crippen LogP contribution in [0.3, 0.4) is 0 Å². The summed E-state index contributed by atoms with van der Waals surface area (Å²) in [5.41, 5.74) is 4.21. The van der Waals surface area contributed by atoms with Crippen molar-refractivity contribution >= 4 is 10.0 Å². The number of aromatic nitrogens is 1. The van der Waals surface area contributed by atoms with Crippen LogP contribution in [-0.4, -0.2) is 37.3 Å². The molecule has 0 aromatic carbocycles. The lowest BCUT2D eigenvalue weighted by atomic mass is 9.90. The molecule has 1 atom stereocenters. The largest absolute Gasteiger partial charge is 0.433 e. The average molecular weight is 323 g/mol. The van der Waals surface area contributed by atoms with Crippen LogP contribution >= 0.6 is 0 Å². The molecule has 1 fully saturated rings. The highest BCUT2D eigenvalue weighted by atomic mass is 32.2. The fourth-order valence-electron chi connectivity index (χ4n) is 2.20. The smallest absolute Gasteiger partial charge is 0.330 e. The first-order chi connectivity index (χ1) is 9.58. The first kappa shape index (κ1) is 16.2.